The number of amides is 1. The van der Waals surface area contributed by atoms with Gasteiger partial charge in [0.15, 0.2) is 0 Å². The lowest BCUT2D eigenvalue weighted by Gasteiger charge is -2.25. The molecule has 6 heteroatoms. The highest BCUT2D eigenvalue weighted by atomic mass is 16.5. The molecule has 2 aromatic rings. The summed E-state index contributed by atoms with van der Waals surface area (Å²) in [5.74, 6) is 0.112. The fourth-order valence-corrected chi connectivity index (χ4v) is 4.50. The summed E-state index contributed by atoms with van der Waals surface area (Å²) in [6, 6.07) is 12.0. The van der Waals surface area contributed by atoms with Crippen LogP contribution in [0, 0.1) is 0 Å². The molecule has 4 rings (SSSR count). The Hall–Kier alpha value is -3.28. The molecule has 1 N–H and O–H groups in total. The van der Waals surface area contributed by atoms with Crippen molar-refractivity contribution in [2.24, 2.45) is 0 Å². The van der Waals surface area contributed by atoms with E-state index in [-0.39, 0.29) is 17.4 Å². The number of hydrogen-bond acceptors (Lipinski definition) is 5. The van der Waals surface area contributed by atoms with Crippen LogP contribution in [-0.2, 0) is 16.0 Å². The highest BCUT2D eigenvalue weighted by Gasteiger charge is 2.45. The maximum absolute atomic E-state index is 13.1. The zero-order chi connectivity index (χ0) is 22.8. The number of methoxy groups -OCH3 is 1. The normalized spacial score (nSPS) is 21.5. The third kappa shape index (κ3) is 3.97. The van der Waals surface area contributed by atoms with E-state index in [2.05, 4.69) is 6.92 Å². The number of ketones is 1. The summed E-state index contributed by atoms with van der Waals surface area (Å²) in [6.07, 6.45) is 3.58. The minimum atomic E-state index is -0.648. The van der Waals surface area contributed by atoms with Crippen LogP contribution in [0.2, 0.25) is 0 Å². The average Bonchev–Trinajstić information content (AvgIpc) is 3.29. The molecule has 1 amide bonds. The predicted molar refractivity (Wildman–Crippen MR) is 122 cm³/mol. The molecule has 6 nitrogen and oxygen atoms in total. The van der Waals surface area contributed by atoms with Gasteiger partial charge in [-0.05, 0) is 54.8 Å². The van der Waals surface area contributed by atoms with Gasteiger partial charge in [-0.15, -0.1) is 0 Å². The quantitative estimate of drug-likeness (QED) is 0.297. The van der Waals surface area contributed by atoms with Gasteiger partial charge in [-0.25, -0.2) is 0 Å². The standard InChI is InChI=1S/C26H29NO5/c1-4-5-6-13-27-23(17-7-10-20(31-3)11-8-17)22(25(29)26(27)30)24(28)18-9-12-21-19(15-18)14-16(2)32-21/h7-12,15-16,23,28H,4-6,13-14H2,1-3H3/b24-22-. The summed E-state index contributed by atoms with van der Waals surface area (Å²) in [5, 5.41) is 11.2. The second-order valence-corrected chi connectivity index (χ2v) is 8.43. The summed E-state index contributed by atoms with van der Waals surface area (Å²) in [5.41, 5.74) is 2.40. The van der Waals surface area contributed by atoms with Gasteiger partial charge in [0.25, 0.3) is 11.7 Å². The first-order valence-corrected chi connectivity index (χ1v) is 11.2. The van der Waals surface area contributed by atoms with E-state index in [1.807, 2.05) is 31.2 Å². The van der Waals surface area contributed by atoms with Gasteiger partial charge >= 0.3 is 0 Å². The van der Waals surface area contributed by atoms with Crippen molar-refractivity contribution < 1.29 is 24.2 Å². The van der Waals surface area contributed by atoms with Crippen LogP contribution in [0.15, 0.2) is 48.0 Å². The van der Waals surface area contributed by atoms with E-state index in [0.717, 1.165) is 42.6 Å². The first-order valence-electron chi connectivity index (χ1n) is 11.2. The number of nitrogens with zero attached hydrogens (tertiary/aromatic N) is 1. The molecule has 2 unspecified atom stereocenters. The first-order chi connectivity index (χ1) is 15.4. The van der Waals surface area contributed by atoms with E-state index in [1.165, 1.54) is 0 Å². The maximum atomic E-state index is 13.1. The fraction of sp³-hybridized carbons (Fsp3) is 0.385. The number of rotatable bonds is 7. The van der Waals surface area contributed by atoms with Crippen LogP contribution in [0.5, 0.6) is 11.5 Å². The molecule has 0 saturated carbocycles. The van der Waals surface area contributed by atoms with Gasteiger partial charge in [0.2, 0.25) is 0 Å². The van der Waals surface area contributed by atoms with Crippen molar-refractivity contribution in [2.45, 2.75) is 51.7 Å². The van der Waals surface area contributed by atoms with Crippen LogP contribution >= 0.6 is 0 Å². The largest absolute Gasteiger partial charge is 0.507 e. The molecule has 2 aliphatic heterocycles. The summed E-state index contributed by atoms with van der Waals surface area (Å²) in [6.45, 7) is 4.54. The summed E-state index contributed by atoms with van der Waals surface area (Å²) < 4.78 is 11.0. The molecule has 1 fully saturated rings. The smallest absolute Gasteiger partial charge is 0.295 e. The SMILES string of the molecule is CCCCCN1C(=O)C(=O)/C(=C(\O)c2ccc3c(c2)CC(C)O3)C1c1ccc(OC)cc1. The summed E-state index contributed by atoms with van der Waals surface area (Å²) >= 11 is 0. The summed E-state index contributed by atoms with van der Waals surface area (Å²) in [4.78, 5) is 27.7. The molecule has 2 atom stereocenters. The van der Waals surface area contributed by atoms with E-state index in [4.69, 9.17) is 9.47 Å². The van der Waals surface area contributed by atoms with Crippen molar-refractivity contribution in [1.82, 2.24) is 4.90 Å². The first kappa shape index (κ1) is 21.9. The molecule has 0 radical (unpaired) electrons. The highest BCUT2D eigenvalue weighted by molar-refractivity contribution is 6.46. The van der Waals surface area contributed by atoms with Crippen LogP contribution < -0.4 is 9.47 Å². The monoisotopic (exact) mass is 435 g/mol. The molecule has 2 aromatic carbocycles. The lowest BCUT2D eigenvalue weighted by atomic mass is 9.94. The molecule has 0 aliphatic carbocycles. The molecular formula is C26H29NO5. The van der Waals surface area contributed by atoms with E-state index in [9.17, 15) is 14.7 Å². The number of hydrogen-bond donors (Lipinski definition) is 1. The zero-order valence-corrected chi connectivity index (χ0v) is 18.8. The van der Waals surface area contributed by atoms with Gasteiger partial charge < -0.3 is 19.5 Å². The van der Waals surface area contributed by atoms with E-state index in [1.54, 1.807) is 30.2 Å². The Labute approximate surface area is 188 Å². The minimum Gasteiger partial charge on any atom is -0.507 e. The molecule has 0 spiro atoms. The van der Waals surface area contributed by atoms with Crippen LogP contribution in [0.25, 0.3) is 5.76 Å². The van der Waals surface area contributed by atoms with Crippen molar-refractivity contribution in [2.75, 3.05) is 13.7 Å². The zero-order valence-electron chi connectivity index (χ0n) is 18.8. The van der Waals surface area contributed by atoms with Crippen molar-refractivity contribution in [3.63, 3.8) is 0 Å². The molecule has 0 aromatic heterocycles. The lowest BCUT2D eigenvalue weighted by Crippen LogP contribution is -2.30. The number of carbonyl (C=O) groups excluding carboxylic acids is 2. The number of fused-ring (bicyclic) bond motifs is 1. The average molecular weight is 436 g/mol. The molecule has 2 aliphatic rings. The fourth-order valence-electron chi connectivity index (χ4n) is 4.50. The number of likely N-dealkylation sites (tertiary alicyclic amines) is 1. The van der Waals surface area contributed by atoms with Crippen LogP contribution in [0.1, 0.15) is 55.8 Å². The van der Waals surface area contributed by atoms with Crippen LogP contribution in [-0.4, -0.2) is 41.5 Å². The third-order valence-electron chi connectivity index (χ3n) is 6.14. The Kier molecular flexibility index (Phi) is 6.21. The van der Waals surface area contributed by atoms with Crippen molar-refractivity contribution in [3.8, 4) is 11.5 Å². The Morgan fingerprint density at radius 3 is 2.59 bits per heavy atom. The van der Waals surface area contributed by atoms with E-state index < -0.39 is 17.7 Å². The van der Waals surface area contributed by atoms with Gasteiger partial charge in [-0.1, -0.05) is 31.9 Å². The third-order valence-corrected chi connectivity index (χ3v) is 6.14. The Balaban J connectivity index is 1.79. The van der Waals surface area contributed by atoms with Crippen molar-refractivity contribution in [3.05, 3.63) is 64.7 Å². The summed E-state index contributed by atoms with van der Waals surface area (Å²) in [7, 11) is 1.59. The molecule has 32 heavy (non-hydrogen) atoms. The second-order valence-electron chi connectivity index (χ2n) is 8.43. The van der Waals surface area contributed by atoms with Gasteiger partial charge in [0, 0.05) is 18.5 Å². The van der Waals surface area contributed by atoms with Gasteiger partial charge in [0.1, 0.15) is 23.4 Å². The van der Waals surface area contributed by atoms with Gasteiger partial charge in [0.05, 0.1) is 18.7 Å². The molecule has 2 heterocycles. The number of benzene rings is 2. The number of ether oxygens (including phenoxy) is 2. The van der Waals surface area contributed by atoms with E-state index in [0.29, 0.717) is 17.9 Å². The van der Waals surface area contributed by atoms with Gasteiger partial charge in [-0.3, -0.25) is 9.59 Å². The minimum absolute atomic E-state index is 0.0749. The van der Waals surface area contributed by atoms with Crippen molar-refractivity contribution in [1.29, 1.82) is 0 Å². The number of unbranched alkanes of at least 4 members (excludes halogenated alkanes) is 2. The Morgan fingerprint density at radius 2 is 1.91 bits per heavy atom. The van der Waals surface area contributed by atoms with Gasteiger partial charge in [-0.2, -0.15) is 0 Å². The van der Waals surface area contributed by atoms with Crippen molar-refractivity contribution >= 4 is 17.4 Å². The molecule has 168 valence electrons. The molecule has 0 bridgehead atoms. The topological polar surface area (TPSA) is 76.1 Å². The van der Waals surface area contributed by atoms with Crippen LogP contribution in [0.3, 0.4) is 0 Å². The maximum Gasteiger partial charge on any atom is 0.295 e. The Bertz CT molecular complexity index is 1060. The number of aliphatic hydroxyl groups is 1. The Morgan fingerprint density at radius 1 is 1.16 bits per heavy atom. The molecular weight excluding hydrogens is 406 g/mol. The van der Waals surface area contributed by atoms with Crippen LogP contribution in [0.4, 0.5) is 0 Å². The predicted octanol–water partition coefficient (Wildman–Crippen LogP) is 4.63. The lowest BCUT2D eigenvalue weighted by molar-refractivity contribution is -0.139. The number of aliphatic hydroxyl groups excluding tert-OH is 1. The number of Topliss-reactive ketones (excluding diaryl/α,β-unsaturated/α-hetero) is 1. The van der Waals surface area contributed by atoms with E-state index >= 15 is 0 Å². The second kappa shape index (κ2) is 9.07. The highest BCUT2D eigenvalue weighted by Crippen LogP contribution is 2.41. The molecule has 1 saturated heterocycles. The number of carbonyl (C=O) groups is 2.